The molecule has 1 rings (SSSR count). The quantitative estimate of drug-likeness (QED) is 0.617. The van der Waals surface area contributed by atoms with Crippen LogP contribution < -0.4 is 9.44 Å². The van der Waals surface area contributed by atoms with Crippen molar-refractivity contribution < 1.29 is 0 Å². The predicted octanol–water partition coefficient (Wildman–Crippen LogP) is 4.06. The molecule has 0 aliphatic rings. The van der Waals surface area contributed by atoms with E-state index in [2.05, 4.69) is 43.7 Å². The molecule has 0 atom stereocenters. The van der Waals surface area contributed by atoms with Crippen LogP contribution in [0.2, 0.25) is 13.3 Å². The van der Waals surface area contributed by atoms with Crippen molar-refractivity contribution >= 4 is 27.9 Å². The number of unbranched alkanes of at least 4 members (excludes halogenated alkanes) is 3. The molecule has 1 heterocycles. The van der Waals surface area contributed by atoms with Gasteiger partial charge in [0.1, 0.15) is 0 Å². The normalized spacial score (nSPS) is 12.0. The SMILES string of the molecule is CCC[CH2][Sn]([CH2]CCC)([CH2]CCC)[c]1cc(N)nn1C. The van der Waals surface area contributed by atoms with Gasteiger partial charge in [0.05, 0.1) is 0 Å². The van der Waals surface area contributed by atoms with Gasteiger partial charge in [0, 0.05) is 0 Å². The van der Waals surface area contributed by atoms with Gasteiger partial charge in [-0.3, -0.25) is 0 Å². The zero-order valence-electron chi connectivity index (χ0n) is 13.9. The summed E-state index contributed by atoms with van der Waals surface area (Å²) in [4.78, 5) is 0. The summed E-state index contributed by atoms with van der Waals surface area (Å²) in [5, 5.41) is 4.45. The van der Waals surface area contributed by atoms with E-state index >= 15 is 0 Å². The van der Waals surface area contributed by atoms with Crippen molar-refractivity contribution in [3.8, 4) is 0 Å². The van der Waals surface area contributed by atoms with Gasteiger partial charge in [-0.25, -0.2) is 0 Å². The zero-order valence-corrected chi connectivity index (χ0v) is 16.8. The molecule has 0 radical (unpaired) electrons. The van der Waals surface area contributed by atoms with Crippen molar-refractivity contribution in [3.05, 3.63) is 6.07 Å². The Balaban J connectivity index is 3.07. The van der Waals surface area contributed by atoms with E-state index < -0.39 is 18.4 Å². The first kappa shape index (κ1) is 17.9. The van der Waals surface area contributed by atoms with Gasteiger partial charge in [0.25, 0.3) is 0 Å². The first-order chi connectivity index (χ1) is 9.59. The Morgan fingerprint density at radius 2 is 1.45 bits per heavy atom. The summed E-state index contributed by atoms with van der Waals surface area (Å²) >= 11 is -2.32. The van der Waals surface area contributed by atoms with Gasteiger partial charge in [-0.05, 0) is 0 Å². The first-order valence-electron chi connectivity index (χ1n) is 8.39. The fourth-order valence-corrected chi connectivity index (χ4v) is 19.8. The van der Waals surface area contributed by atoms with Gasteiger partial charge in [0.2, 0.25) is 0 Å². The van der Waals surface area contributed by atoms with Gasteiger partial charge in [-0.2, -0.15) is 0 Å². The summed E-state index contributed by atoms with van der Waals surface area (Å²) in [5.41, 5.74) is 5.96. The van der Waals surface area contributed by atoms with Crippen molar-refractivity contribution in [3.63, 3.8) is 0 Å². The van der Waals surface area contributed by atoms with E-state index in [0.717, 1.165) is 0 Å². The predicted molar refractivity (Wildman–Crippen MR) is 92.2 cm³/mol. The van der Waals surface area contributed by atoms with Gasteiger partial charge < -0.3 is 0 Å². The molecule has 0 amide bonds. The molecule has 0 unspecified atom stereocenters. The summed E-state index contributed by atoms with van der Waals surface area (Å²) in [6.07, 6.45) is 8.08. The number of anilines is 1. The van der Waals surface area contributed by atoms with Gasteiger partial charge >= 0.3 is 129 Å². The Bertz CT molecular complexity index is 365. The third-order valence-corrected chi connectivity index (χ3v) is 20.1. The fraction of sp³-hybridized carbons (Fsp3) is 0.812. The Morgan fingerprint density at radius 1 is 1.00 bits per heavy atom. The van der Waals surface area contributed by atoms with E-state index in [1.807, 2.05) is 0 Å². The number of nitrogens with zero attached hydrogens (tertiary/aromatic N) is 2. The average molecular weight is 386 g/mol. The number of hydrogen-bond acceptors (Lipinski definition) is 2. The van der Waals surface area contributed by atoms with Gasteiger partial charge in [-0.1, -0.05) is 0 Å². The molecule has 0 aromatic carbocycles. The second kappa shape index (κ2) is 8.96. The number of nitrogen functional groups attached to an aromatic ring is 1. The molecule has 0 bridgehead atoms. The molecule has 4 heteroatoms. The molecule has 0 saturated carbocycles. The van der Waals surface area contributed by atoms with Crippen molar-refractivity contribution in [2.75, 3.05) is 5.73 Å². The third kappa shape index (κ3) is 4.67. The van der Waals surface area contributed by atoms with Crippen LogP contribution in [0.5, 0.6) is 0 Å². The molecule has 0 aliphatic carbocycles. The third-order valence-electron chi connectivity index (χ3n) is 4.47. The van der Waals surface area contributed by atoms with E-state index in [4.69, 9.17) is 5.73 Å². The summed E-state index contributed by atoms with van der Waals surface area (Å²) in [7, 11) is 2.10. The maximum atomic E-state index is 5.96. The van der Waals surface area contributed by atoms with E-state index in [-0.39, 0.29) is 0 Å². The molecule has 3 nitrogen and oxygen atoms in total. The van der Waals surface area contributed by atoms with E-state index in [1.54, 1.807) is 3.71 Å². The molecule has 116 valence electrons. The number of hydrogen-bond donors (Lipinski definition) is 1. The summed E-state index contributed by atoms with van der Waals surface area (Å²) in [5.74, 6) is 0.716. The van der Waals surface area contributed by atoms with E-state index in [1.165, 1.54) is 51.8 Å². The van der Waals surface area contributed by atoms with Crippen LogP contribution in [0.3, 0.4) is 0 Å². The average Bonchev–Trinajstić information content (AvgIpc) is 2.78. The fourth-order valence-electron chi connectivity index (χ4n) is 3.29. The summed E-state index contributed by atoms with van der Waals surface area (Å²) in [6, 6.07) is 2.21. The molecule has 1 aromatic heterocycles. The van der Waals surface area contributed by atoms with E-state index in [0.29, 0.717) is 5.82 Å². The molecule has 0 fully saturated rings. The minimum atomic E-state index is -2.32. The summed E-state index contributed by atoms with van der Waals surface area (Å²) < 4.78 is 8.11. The van der Waals surface area contributed by atoms with Crippen LogP contribution in [0.25, 0.3) is 0 Å². The van der Waals surface area contributed by atoms with Crippen LogP contribution in [-0.4, -0.2) is 28.2 Å². The maximum absolute atomic E-state index is 5.96. The van der Waals surface area contributed by atoms with Crippen molar-refractivity contribution in [1.29, 1.82) is 0 Å². The van der Waals surface area contributed by atoms with Crippen LogP contribution in [0.15, 0.2) is 6.07 Å². The first-order valence-corrected chi connectivity index (χ1v) is 15.9. The van der Waals surface area contributed by atoms with Crippen LogP contribution in [0.1, 0.15) is 59.3 Å². The van der Waals surface area contributed by atoms with Crippen LogP contribution >= 0.6 is 0 Å². The number of rotatable bonds is 10. The summed E-state index contributed by atoms with van der Waals surface area (Å²) in [6.45, 7) is 6.94. The Labute approximate surface area is 129 Å². The molecule has 0 aliphatic heterocycles. The zero-order chi connectivity index (χ0) is 15.0. The van der Waals surface area contributed by atoms with Crippen LogP contribution in [-0.2, 0) is 7.05 Å². The standard InChI is InChI=1S/C4H6N3.3C4H9.Sn/c1-7-3-2-4(5)6-7;3*1-3-4-2;/h2H,1H3,(H2,5,6);3*1,3-4H2,2H3;. The Kier molecular flexibility index (Phi) is 8.00. The van der Waals surface area contributed by atoms with Crippen molar-refractivity contribution in [1.82, 2.24) is 9.78 Å². The Morgan fingerprint density at radius 3 is 1.75 bits per heavy atom. The van der Waals surface area contributed by atoms with E-state index in [9.17, 15) is 0 Å². The number of aryl methyl sites for hydroxylation is 1. The molecule has 1 aromatic rings. The minimum absolute atomic E-state index is 0.716. The molecular weight excluding hydrogens is 353 g/mol. The van der Waals surface area contributed by atoms with Crippen LogP contribution in [0, 0.1) is 0 Å². The Hall–Kier alpha value is -0.191. The van der Waals surface area contributed by atoms with Gasteiger partial charge in [0.15, 0.2) is 0 Å². The number of aromatic nitrogens is 2. The molecule has 0 saturated heterocycles. The molecule has 0 spiro atoms. The van der Waals surface area contributed by atoms with Crippen molar-refractivity contribution in [2.45, 2.75) is 72.6 Å². The number of nitrogens with two attached hydrogens (primary N) is 1. The van der Waals surface area contributed by atoms with Gasteiger partial charge in [-0.15, -0.1) is 0 Å². The van der Waals surface area contributed by atoms with Crippen LogP contribution in [0.4, 0.5) is 5.82 Å². The van der Waals surface area contributed by atoms with Crippen molar-refractivity contribution in [2.24, 2.45) is 7.05 Å². The topological polar surface area (TPSA) is 43.8 Å². The second-order valence-corrected chi connectivity index (χ2v) is 19.2. The molecule has 20 heavy (non-hydrogen) atoms. The molecular formula is C16H33N3Sn. The monoisotopic (exact) mass is 387 g/mol. The molecule has 2 N–H and O–H groups in total. The second-order valence-electron chi connectivity index (χ2n) is 6.17.